The fourth-order valence-electron chi connectivity index (χ4n) is 1.91. The highest BCUT2D eigenvalue weighted by Crippen LogP contribution is 2.29. The van der Waals surface area contributed by atoms with Gasteiger partial charge in [0.1, 0.15) is 11.6 Å². The van der Waals surface area contributed by atoms with E-state index in [4.69, 9.17) is 5.73 Å². The molecule has 2 rings (SSSR count). The molecule has 0 saturated heterocycles. The lowest BCUT2D eigenvalue weighted by atomic mass is 10.2. The number of halogens is 2. The highest BCUT2D eigenvalue weighted by Gasteiger charge is 2.32. The van der Waals surface area contributed by atoms with Crippen molar-refractivity contribution >= 4 is 5.91 Å². The predicted octanol–water partition coefficient (Wildman–Crippen LogP) is 1.80. The molecule has 0 bridgehead atoms. The summed E-state index contributed by atoms with van der Waals surface area (Å²) in [5.74, 6) is -1.28. The van der Waals surface area contributed by atoms with Crippen molar-refractivity contribution in [1.82, 2.24) is 4.90 Å². The second-order valence-electron chi connectivity index (χ2n) is 4.53. The molecule has 1 amide bonds. The Hall–Kier alpha value is -1.49. The lowest BCUT2D eigenvalue weighted by Gasteiger charge is -2.22. The largest absolute Gasteiger partial charge is 0.335 e. The normalized spacial score (nSPS) is 14.6. The van der Waals surface area contributed by atoms with Crippen molar-refractivity contribution in [2.75, 3.05) is 6.54 Å². The molecule has 0 atom stereocenters. The van der Waals surface area contributed by atoms with Crippen molar-refractivity contribution in [1.29, 1.82) is 0 Å². The van der Waals surface area contributed by atoms with Crippen LogP contribution in [0.25, 0.3) is 0 Å². The van der Waals surface area contributed by atoms with Gasteiger partial charge in [0.05, 0.1) is 0 Å². The molecule has 0 unspecified atom stereocenters. The highest BCUT2D eigenvalue weighted by atomic mass is 19.1. The van der Waals surface area contributed by atoms with E-state index in [-0.39, 0.29) is 31.5 Å². The Bertz CT molecular complexity index is 447. The van der Waals surface area contributed by atoms with E-state index in [0.717, 1.165) is 18.9 Å². The smallest absolute Gasteiger partial charge is 0.224 e. The summed E-state index contributed by atoms with van der Waals surface area (Å²) < 4.78 is 26.3. The third-order valence-electron chi connectivity index (χ3n) is 3.02. The first-order valence-corrected chi connectivity index (χ1v) is 6.05. The average Bonchev–Trinajstić information content (AvgIpc) is 3.12. The molecule has 18 heavy (non-hydrogen) atoms. The van der Waals surface area contributed by atoms with Gasteiger partial charge in [0.15, 0.2) is 0 Å². The predicted molar refractivity (Wildman–Crippen MR) is 63.6 cm³/mol. The Balaban J connectivity index is 2.10. The number of hydrogen-bond donors (Lipinski definition) is 1. The van der Waals surface area contributed by atoms with Crippen LogP contribution < -0.4 is 5.73 Å². The molecule has 0 spiro atoms. The van der Waals surface area contributed by atoms with E-state index in [9.17, 15) is 13.6 Å². The van der Waals surface area contributed by atoms with Gasteiger partial charge in [0.2, 0.25) is 5.91 Å². The number of carbonyl (C=O) groups excluding carboxylic acids is 1. The van der Waals surface area contributed by atoms with Gasteiger partial charge >= 0.3 is 0 Å². The van der Waals surface area contributed by atoms with Crippen molar-refractivity contribution in [2.45, 2.75) is 31.8 Å². The first-order chi connectivity index (χ1) is 8.61. The Morgan fingerprint density at radius 3 is 2.67 bits per heavy atom. The van der Waals surface area contributed by atoms with Gasteiger partial charge in [-0.1, -0.05) is 6.07 Å². The van der Waals surface area contributed by atoms with Gasteiger partial charge in [0.25, 0.3) is 0 Å². The van der Waals surface area contributed by atoms with Crippen LogP contribution in [0.15, 0.2) is 18.2 Å². The van der Waals surface area contributed by atoms with E-state index < -0.39 is 11.6 Å². The van der Waals surface area contributed by atoms with Crippen LogP contribution in [0.3, 0.4) is 0 Å². The molecule has 2 N–H and O–H groups in total. The van der Waals surface area contributed by atoms with Crippen LogP contribution in [0, 0.1) is 11.6 Å². The summed E-state index contributed by atoms with van der Waals surface area (Å²) in [7, 11) is 0. The molecule has 3 nitrogen and oxygen atoms in total. The minimum absolute atomic E-state index is 0.0660. The van der Waals surface area contributed by atoms with Crippen LogP contribution in [-0.4, -0.2) is 23.4 Å². The van der Waals surface area contributed by atoms with Crippen molar-refractivity contribution in [3.63, 3.8) is 0 Å². The maximum Gasteiger partial charge on any atom is 0.224 e. The van der Waals surface area contributed by atoms with Crippen LogP contribution in [0.1, 0.15) is 24.8 Å². The molecule has 1 fully saturated rings. The van der Waals surface area contributed by atoms with Crippen molar-refractivity contribution in [2.24, 2.45) is 5.73 Å². The molecule has 1 aromatic carbocycles. The summed E-state index contributed by atoms with van der Waals surface area (Å²) in [6.07, 6.45) is 2.15. The maximum absolute atomic E-state index is 13.5. The minimum atomic E-state index is -0.610. The summed E-state index contributed by atoms with van der Waals surface area (Å²) in [6.45, 7) is 0.476. The van der Waals surface area contributed by atoms with Crippen molar-refractivity contribution < 1.29 is 13.6 Å². The Morgan fingerprint density at radius 2 is 2.11 bits per heavy atom. The second kappa shape index (κ2) is 5.44. The molecule has 5 heteroatoms. The first-order valence-electron chi connectivity index (χ1n) is 6.05. The van der Waals surface area contributed by atoms with Crippen LogP contribution in [-0.2, 0) is 11.3 Å². The van der Waals surface area contributed by atoms with Gasteiger partial charge < -0.3 is 10.6 Å². The maximum atomic E-state index is 13.5. The van der Waals surface area contributed by atoms with Gasteiger partial charge in [0, 0.05) is 37.2 Å². The van der Waals surface area contributed by atoms with Gasteiger partial charge in [-0.05, 0) is 18.9 Å². The SMILES string of the molecule is NCCC(=O)N(Cc1ccc(F)cc1F)C1CC1. The highest BCUT2D eigenvalue weighted by molar-refractivity contribution is 5.77. The van der Waals surface area contributed by atoms with E-state index >= 15 is 0 Å². The number of hydrogen-bond acceptors (Lipinski definition) is 2. The van der Waals surface area contributed by atoms with Crippen molar-refractivity contribution in [3.05, 3.63) is 35.4 Å². The average molecular weight is 254 g/mol. The zero-order valence-electron chi connectivity index (χ0n) is 10.0. The quantitative estimate of drug-likeness (QED) is 0.871. The molecule has 0 radical (unpaired) electrons. The lowest BCUT2D eigenvalue weighted by molar-refractivity contribution is -0.132. The molecule has 0 aromatic heterocycles. The third-order valence-corrected chi connectivity index (χ3v) is 3.02. The Kier molecular flexibility index (Phi) is 3.91. The van der Waals surface area contributed by atoms with Crippen LogP contribution in [0.5, 0.6) is 0 Å². The van der Waals surface area contributed by atoms with Gasteiger partial charge in [-0.3, -0.25) is 4.79 Å². The topological polar surface area (TPSA) is 46.3 Å². The standard InChI is InChI=1S/C13H16F2N2O/c14-10-2-1-9(12(15)7-10)8-17(11-3-4-11)13(18)5-6-16/h1-2,7,11H,3-6,8,16H2. The van der Waals surface area contributed by atoms with E-state index in [1.807, 2.05) is 0 Å². The minimum Gasteiger partial charge on any atom is -0.335 e. The van der Waals surface area contributed by atoms with Gasteiger partial charge in [-0.15, -0.1) is 0 Å². The van der Waals surface area contributed by atoms with Crippen LogP contribution in [0.2, 0.25) is 0 Å². The number of nitrogens with two attached hydrogens (primary N) is 1. The molecule has 0 aliphatic heterocycles. The first kappa shape index (κ1) is 13.0. The molecular weight excluding hydrogens is 238 g/mol. The number of nitrogens with zero attached hydrogens (tertiary/aromatic N) is 1. The molecular formula is C13H16F2N2O. The zero-order valence-corrected chi connectivity index (χ0v) is 10.0. The molecule has 1 aromatic rings. The lowest BCUT2D eigenvalue weighted by Crippen LogP contribution is -2.34. The van der Waals surface area contributed by atoms with Crippen LogP contribution >= 0.6 is 0 Å². The summed E-state index contributed by atoms with van der Waals surface area (Å²) >= 11 is 0. The fourth-order valence-corrected chi connectivity index (χ4v) is 1.91. The number of rotatable bonds is 5. The zero-order chi connectivity index (χ0) is 13.1. The van der Waals surface area contributed by atoms with E-state index in [1.54, 1.807) is 4.90 Å². The third kappa shape index (κ3) is 3.04. The summed E-state index contributed by atoms with van der Waals surface area (Å²) in [4.78, 5) is 13.5. The number of benzene rings is 1. The molecule has 1 aliphatic carbocycles. The monoisotopic (exact) mass is 254 g/mol. The Labute approximate surface area is 105 Å². The van der Waals surface area contributed by atoms with Crippen molar-refractivity contribution in [3.8, 4) is 0 Å². The summed E-state index contributed by atoms with van der Waals surface area (Å²) in [6, 6.07) is 3.62. The molecule has 1 aliphatic rings. The van der Waals surface area contributed by atoms with E-state index in [1.165, 1.54) is 12.1 Å². The van der Waals surface area contributed by atoms with Gasteiger partial charge in [-0.2, -0.15) is 0 Å². The number of carbonyl (C=O) groups is 1. The van der Waals surface area contributed by atoms with Crippen LogP contribution in [0.4, 0.5) is 8.78 Å². The molecule has 1 saturated carbocycles. The summed E-state index contributed by atoms with van der Waals surface area (Å²) in [5, 5.41) is 0. The Morgan fingerprint density at radius 1 is 1.39 bits per heavy atom. The second-order valence-corrected chi connectivity index (χ2v) is 4.53. The number of amides is 1. The summed E-state index contributed by atoms with van der Waals surface area (Å²) in [5.41, 5.74) is 5.70. The van der Waals surface area contributed by atoms with E-state index in [0.29, 0.717) is 5.56 Å². The van der Waals surface area contributed by atoms with E-state index in [2.05, 4.69) is 0 Å². The molecule has 98 valence electrons. The van der Waals surface area contributed by atoms with Gasteiger partial charge in [-0.25, -0.2) is 8.78 Å². The fraction of sp³-hybridized carbons (Fsp3) is 0.462. The molecule has 0 heterocycles.